The molecule has 0 aromatic heterocycles. The van der Waals surface area contributed by atoms with Crippen LogP contribution >= 0.6 is 0 Å². The molecule has 0 bridgehead atoms. The summed E-state index contributed by atoms with van der Waals surface area (Å²) in [6, 6.07) is 24.1. The molecule has 4 rings (SSSR count). The van der Waals surface area contributed by atoms with Crippen LogP contribution in [0.4, 0.5) is 0 Å². The van der Waals surface area contributed by atoms with E-state index in [2.05, 4.69) is 0 Å². The Labute approximate surface area is 156 Å². The number of aromatic carboxylic acids is 1. The summed E-state index contributed by atoms with van der Waals surface area (Å²) in [5.74, 6) is -3.08. The van der Waals surface area contributed by atoms with E-state index in [0.29, 0.717) is 0 Å². The van der Waals surface area contributed by atoms with Crippen molar-refractivity contribution in [3.63, 3.8) is 0 Å². The van der Waals surface area contributed by atoms with Gasteiger partial charge in [0.1, 0.15) is 0 Å². The number of carboxylic acid groups (broad SMARTS) is 2. The minimum atomic E-state index is -0.995. The largest absolute Gasteiger partial charge is 0.481 e. The van der Waals surface area contributed by atoms with E-state index in [9.17, 15) is 14.7 Å². The van der Waals surface area contributed by atoms with Gasteiger partial charge in [-0.25, -0.2) is 4.79 Å². The molecule has 3 aromatic rings. The Morgan fingerprint density at radius 2 is 1.11 bits per heavy atom. The van der Waals surface area contributed by atoms with Gasteiger partial charge in [0.2, 0.25) is 0 Å². The lowest BCUT2D eigenvalue weighted by Crippen LogP contribution is -2.24. The van der Waals surface area contributed by atoms with Crippen molar-refractivity contribution in [2.75, 3.05) is 0 Å². The predicted molar refractivity (Wildman–Crippen MR) is 101 cm³/mol. The van der Waals surface area contributed by atoms with Gasteiger partial charge in [0.15, 0.2) is 0 Å². The first-order chi connectivity index (χ1) is 13.1. The van der Waals surface area contributed by atoms with Crippen LogP contribution in [0.5, 0.6) is 0 Å². The molecule has 2 N–H and O–H groups in total. The number of hydrogen-bond donors (Lipinski definition) is 2. The van der Waals surface area contributed by atoms with E-state index < -0.39 is 17.9 Å². The van der Waals surface area contributed by atoms with E-state index in [4.69, 9.17) is 5.11 Å². The highest BCUT2D eigenvalue weighted by Gasteiger charge is 2.46. The molecular formula is C23H18O4. The first kappa shape index (κ1) is 17.0. The number of fused-ring (bicyclic) bond motifs is 1. The highest BCUT2D eigenvalue weighted by Crippen LogP contribution is 2.52. The van der Waals surface area contributed by atoms with E-state index in [1.807, 2.05) is 54.6 Å². The van der Waals surface area contributed by atoms with Crippen LogP contribution in [0.2, 0.25) is 0 Å². The zero-order chi connectivity index (χ0) is 19.0. The number of benzene rings is 3. The van der Waals surface area contributed by atoms with Gasteiger partial charge in [-0.15, -0.1) is 0 Å². The van der Waals surface area contributed by atoms with Gasteiger partial charge in [0.25, 0.3) is 0 Å². The average molecular weight is 358 g/mol. The monoisotopic (exact) mass is 358 g/mol. The Bertz CT molecular complexity index is 992. The number of aliphatic carboxylic acids is 1. The molecule has 0 saturated heterocycles. The van der Waals surface area contributed by atoms with Crippen LogP contribution in [0.1, 0.15) is 44.4 Å². The Morgan fingerprint density at radius 3 is 1.59 bits per heavy atom. The SMILES string of the molecule is O=C(O)c1ccc(C2c3ccccc3C(c3ccccc3)C2C(=O)O)cc1. The Morgan fingerprint density at radius 1 is 0.630 bits per heavy atom. The van der Waals surface area contributed by atoms with Crippen molar-refractivity contribution in [3.05, 3.63) is 107 Å². The predicted octanol–water partition coefficient (Wildman–Crippen LogP) is 4.36. The van der Waals surface area contributed by atoms with Crippen molar-refractivity contribution in [1.29, 1.82) is 0 Å². The maximum atomic E-state index is 12.3. The number of carbonyl (C=O) groups is 2. The maximum Gasteiger partial charge on any atom is 0.335 e. The molecule has 0 radical (unpaired) electrons. The van der Waals surface area contributed by atoms with Gasteiger partial charge in [-0.05, 0) is 34.4 Å². The summed E-state index contributed by atoms with van der Waals surface area (Å²) >= 11 is 0. The van der Waals surface area contributed by atoms with Crippen LogP contribution in [0.25, 0.3) is 0 Å². The molecule has 1 aliphatic carbocycles. The van der Waals surface area contributed by atoms with Gasteiger partial charge in [-0.2, -0.15) is 0 Å². The normalized spacial score (nSPS) is 20.8. The van der Waals surface area contributed by atoms with Crippen LogP contribution in [0.15, 0.2) is 78.9 Å². The summed E-state index contributed by atoms with van der Waals surface area (Å²) in [4.78, 5) is 23.5. The molecule has 3 aromatic carbocycles. The molecule has 27 heavy (non-hydrogen) atoms. The molecule has 0 spiro atoms. The molecule has 0 aliphatic heterocycles. The second-order valence-electron chi connectivity index (χ2n) is 6.79. The van der Waals surface area contributed by atoms with Gasteiger partial charge < -0.3 is 10.2 Å². The lowest BCUT2D eigenvalue weighted by molar-refractivity contribution is -0.142. The standard InChI is InChI=1S/C23H18O4/c24-22(25)16-12-10-15(11-13-16)20-18-9-5-4-8-17(18)19(21(20)23(26)27)14-6-2-1-3-7-14/h1-13,19-21H,(H,24,25)(H,26,27). The fourth-order valence-electron chi connectivity index (χ4n) is 4.21. The summed E-state index contributed by atoms with van der Waals surface area (Å²) < 4.78 is 0. The van der Waals surface area contributed by atoms with Crippen LogP contribution < -0.4 is 0 Å². The van der Waals surface area contributed by atoms with Crippen LogP contribution in [-0.2, 0) is 4.79 Å². The molecule has 134 valence electrons. The summed E-state index contributed by atoms with van der Waals surface area (Å²) in [5, 5.41) is 19.2. The summed E-state index contributed by atoms with van der Waals surface area (Å²) in [7, 11) is 0. The molecule has 0 amide bonds. The van der Waals surface area contributed by atoms with Gasteiger partial charge >= 0.3 is 11.9 Å². The van der Waals surface area contributed by atoms with Gasteiger partial charge in [-0.3, -0.25) is 4.79 Å². The first-order valence-electron chi connectivity index (χ1n) is 8.77. The number of rotatable bonds is 4. The third-order valence-electron chi connectivity index (χ3n) is 5.34. The lowest BCUT2D eigenvalue weighted by atomic mass is 9.79. The smallest absolute Gasteiger partial charge is 0.335 e. The highest BCUT2D eigenvalue weighted by atomic mass is 16.4. The molecule has 4 heteroatoms. The zero-order valence-electron chi connectivity index (χ0n) is 14.4. The second kappa shape index (κ2) is 6.72. The van der Waals surface area contributed by atoms with E-state index in [1.165, 1.54) is 12.1 Å². The third-order valence-corrected chi connectivity index (χ3v) is 5.34. The van der Waals surface area contributed by atoms with Gasteiger partial charge in [-0.1, -0.05) is 66.7 Å². The van der Waals surface area contributed by atoms with Crippen molar-refractivity contribution < 1.29 is 19.8 Å². The Kier molecular flexibility index (Phi) is 4.24. The zero-order valence-corrected chi connectivity index (χ0v) is 14.4. The molecular weight excluding hydrogens is 340 g/mol. The van der Waals surface area contributed by atoms with E-state index in [-0.39, 0.29) is 17.4 Å². The number of carboxylic acids is 2. The van der Waals surface area contributed by atoms with E-state index in [1.54, 1.807) is 12.1 Å². The molecule has 0 saturated carbocycles. The summed E-state index contributed by atoms with van der Waals surface area (Å²) in [5.41, 5.74) is 3.99. The van der Waals surface area contributed by atoms with Crippen molar-refractivity contribution in [2.24, 2.45) is 5.92 Å². The summed E-state index contributed by atoms with van der Waals surface area (Å²) in [6.45, 7) is 0. The van der Waals surface area contributed by atoms with E-state index in [0.717, 1.165) is 22.3 Å². The van der Waals surface area contributed by atoms with Crippen molar-refractivity contribution in [3.8, 4) is 0 Å². The fourth-order valence-corrected chi connectivity index (χ4v) is 4.21. The van der Waals surface area contributed by atoms with E-state index >= 15 is 0 Å². The van der Waals surface area contributed by atoms with Crippen LogP contribution in [-0.4, -0.2) is 22.2 Å². The van der Waals surface area contributed by atoms with Crippen molar-refractivity contribution in [1.82, 2.24) is 0 Å². The maximum absolute atomic E-state index is 12.3. The molecule has 0 heterocycles. The second-order valence-corrected chi connectivity index (χ2v) is 6.79. The lowest BCUT2D eigenvalue weighted by Gasteiger charge is -2.22. The fraction of sp³-hybridized carbons (Fsp3) is 0.130. The van der Waals surface area contributed by atoms with Gasteiger partial charge in [0.05, 0.1) is 11.5 Å². The molecule has 4 nitrogen and oxygen atoms in total. The van der Waals surface area contributed by atoms with Crippen LogP contribution in [0.3, 0.4) is 0 Å². The molecule has 3 unspecified atom stereocenters. The van der Waals surface area contributed by atoms with Crippen molar-refractivity contribution >= 4 is 11.9 Å². The summed E-state index contributed by atoms with van der Waals surface area (Å²) in [6.07, 6.45) is 0. The molecule has 0 fully saturated rings. The molecule has 3 atom stereocenters. The molecule has 1 aliphatic rings. The minimum Gasteiger partial charge on any atom is -0.481 e. The minimum absolute atomic E-state index is 0.191. The first-order valence-corrected chi connectivity index (χ1v) is 8.77. The quantitative estimate of drug-likeness (QED) is 0.726. The van der Waals surface area contributed by atoms with Gasteiger partial charge in [0, 0.05) is 11.8 Å². The third kappa shape index (κ3) is 2.89. The highest BCUT2D eigenvalue weighted by molar-refractivity contribution is 5.87. The van der Waals surface area contributed by atoms with Crippen LogP contribution in [0, 0.1) is 5.92 Å². The number of hydrogen-bond acceptors (Lipinski definition) is 2. The Hall–Kier alpha value is -3.40. The topological polar surface area (TPSA) is 74.6 Å². The van der Waals surface area contributed by atoms with Crippen molar-refractivity contribution in [2.45, 2.75) is 11.8 Å². The Balaban J connectivity index is 1.88. The average Bonchev–Trinajstić information content (AvgIpc) is 3.04.